The lowest BCUT2D eigenvalue weighted by molar-refractivity contribution is -0.870. The molecule has 0 fully saturated rings. The highest BCUT2D eigenvalue weighted by Gasteiger charge is 2.40. The number of hydrogen-bond donors (Lipinski definition) is 9. The van der Waals surface area contributed by atoms with Crippen LogP contribution in [0.2, 0.25) is 0 Å². The molecule has 0 unspecified atom stereocenters. The minimum atomic E-state index is -4.26. The van der Waals surface area contributed by atoms with Gasteiger partial charge in [-0.25, -0.2) is 9.36 Å². The van der Waals surface area contributed by atoms with Crippen molar-refractivity contribution in [1.82, 2.24) is 0 Å². The summed E-state index contributed by atoms with van der Waals surface area (Å²) >= 11 is 0. The normalized spacial score (nSPS) is 11.7. The summed E-state index contributed by atoms with van der Waals surface area (Å²) in [5.41, 5.74) is -2.74. The van der Waals surface area contributed by atoms with E-state index in [9.17, 15) is 18.9 Å². The molecule has 15 nitrogen and oxygen atoms in total. The summed E-state index contributed by atoms with van der Waals surface area (Å²) in [6, 6.07) is 0. The summed E-state index contributed by atoms with van der Waals surface area (Å²) < 4.78 is 15.1. The van der Waals surface area contributed by atoms with Crippen LogP contribution in [0.25, 0.3) is 0 Å². The zero-order chi connectivity index (χ0) is 24.8. The lowest BCUT2D eigenvalue weighted by Gasteiger charge is -2.23. The maximum absolute atomic E-state index is 10.3. The Hall–Kier alpha value is -1.68. The number of aliphatic hydroxyl groups excluding tert-OH is 3. The van der Waals surface area contributed by atoms with Crippen LogP contribution >= 0.6 is 7.82 Å². The highest BCUT2D eigenvalue weighted by Crippen LogP contribution is 2.35. The minimum Gasteiger partial charge on any atom is -0.481 e. The van der Waals surface area contributed by atoms with Gasteiger partial charge >= 0.3 is 25.7 Å². The van der Waals surface area contributed by atoms with Gasteiger partial charge in [0.05, 0.1) is 47.2 Å². The van der Waals surface area contributed by atoms with Crippen molar-refractivity contribution < 1.29 is 73.5 Å². The molecule has 0 rings (SSSR count). The molecule has 16 heteroatoms. The summed E-state index contributed by atoms with van der Waals surface area (Å²) in [6.45, 7) is -0.0775. The van der Waals surface area contributed by atoms with Crippen molar-refractivity contribution in [2.45, 2.75) is 24.5 Å². The van der Waals surface area contributed by atoms with Gasteiger partial charge in [-0.15, -0.1) is 0 Å². The highest BCUT2D eigenvalue weighted by molar-refractivity contribution is 7.46. The largest absolute Gasteiger partial charge is 0.481 e. The third-order valence-corrected chi connectivity index (χ3v) is 3.25. The number of carbonyl (C=O) groups is 3. The first-order valence-corrected chi connectivity index (χ1v) is 9.62. The Labute approximate surface area is 172 Å². The second-order valence-corrected chi connectivity index (χ2v) is 8.07. The molecule has 0 aliphatic carbocycles. The Morgan fingerprint density at radius 2 is 1.33 bits per heavy atom. The molecule has 0 heterocycles. The lowest BCUT2D eigenvalue weighted by Crippen LogP contribution is -2.42. The number of hydrogen-bond acceptors (Lipinski definition) is 9. The maximum atomic E-state index is 10.3. The summed E-state index contributed by atoms with van der Waals surface area (Å²) in [4.78, 5) is 47.1. The number of rotatable bonds is 11. The van der Waals surface area contributed by atoms with Crippen molar-refractivity contribution in [1.29, 1.82) is 0 Å². The van der Waals surface area contributed by atoms with Crippen LogP contribution in [0.1, 0.15) is 12.8 Å². The second kappa shape index (κ2) is 15.2. The molecule has 0 saturated carbocycles. The van der Waals surface area contributed by atoms with Gasteiger partial charge in [0.15, 0.2) is 5.60 Å². The number of quaternary nitrogens is 1. The van der Waals surface area contributed by atoms with Crippen LogP contribution in [0, 0.1) is 0 Å². The molecule has 0 aliphatic rings. The molecule has 9 N–H and O–H groups in total. The van der Waals surface area contributed by atoms with E-state index in [4.69, 9.17) is 45.5 Å². The van der Waals surface area contributed by atoms with Crippen molar-refractivity contribution in [2.75, 3.05) is 47.5 Å². The van der Waals surface area contributed by atoms with E-state index < -0.39 is 50.3 Å². The molecule has 0 bridgehead atoms. The SMILES string of the molecule is C[N+](C)(C)CCOP(=O)(O)O.O=C(O)CC(O)(CC(=O)O)C(=O)O.OCC(O)CO. The molecule has 0 aromatic heterocycles. The molecule has 0 saturated heterocycles. The molecule has 0 aliphatic heterocycles. The fraction of sp³-hybridized carbons (Fsp3) is 0.786. The van der Waals surface area contributed by atoms with Gasteiger partial charge in [-0.3, -0.25) is 14.1 Å². The van der Waals surface area contributed by atoms with E-state index in [1.807, 2.05) is 21.1 Å². The summed E-state index contributed by atoms with van der Waals surface area (Å²) in [7, 11) is 1.50. The number of carboxylic acid groups (broad SMARTS) is 3. The molecule has 0 aromatic rings. The van der Waals surface area contributed by atoms with E-state index in [1.165, 1.54) is 0 Å². The summed E-state index contributed by atoms with van der Waals surface area (Å²) in [5.74, 6) is -5.02. The van der Waals surface area contributed by atoms with E-state index in [-0.39, 0.29) is 19.8 Å². The van der Waals surface area contributed by atoms with E-state index >= 15 is 0 Å². The molecule has 0 amide bonds. The Bertz CT molecular complexity index is 549. The fourth-order valence-corrected chi connectivity index (χ4v) is 1.52. The van der Waals surface area contributed by atoms with Gasteiger partial charge in [-0.1, -0.05) is 0 Å². The third-order valence-electron chi connectivity index (χ3n) is 2.73. The number of phosphoric acid groups is 1. The van der Waals surface area contributed by atoms with Crippen molar-refractivity contribution in [3.8, 4) is 0 Å². The fourth-order valence-electron chi connectivity index (χ4n) is 1.21. The molecule has 0 spiro atoms. The maximum Gasteiger partial charge on any atom is 0.469 e. The minimum absolute atomic E-state index is 0.0772. The first kappa shape index (κ1) is 33.0. The van der Waals surface area contributed by atoms with Crippen molar-refractivity contribution in [2.24, 2.45) is 0 Å². The van der Waals surface area contributed by atoms with Gasteiger partial charge in [0.2, 0.25) is 0 Å². The van der Waals surface area contributed by atoms with E-state index in [0.717, 1.165) is 0 Å². The molecular weight excluding hydrogens is 437 g/mol. The second-order valence-electron chi connectivity index (χ2n) is 6.83. The lowest BCUT2D eigenvalue weighted by atomic mass is 9.96. The standard InChI is InChI=1S/C6H8O7.C5H14NO4P.C3H8O3/c7-3(8)1-6(13,5(11)12)2-4(9)10;1-6(2,3)4-5-10-11(7,8)9;4-1-3(6)2-5/h13H,1-2H2,(H,7,8)(H,9,10)(H,11,12);4-5H2,1-3H3,(H-,7,8,9);3-6H,1-2H2/p+1. The van der Waals surface area contributed by atoms with Crippen LogP contribution in [-0.2, 0) is 23.5 Å². The predicted octanol–water partition coefficient (Wildman–Crippen LogP) is -3.11. The monoisotopic (exact) mass is 468 g/mol. The smallest absolute Gasteiger partial charge is 0.469 e. The zero-order valence-corrected chi connectivity index (χ0v) is 17.7. The average molecular weight is 468 g/mol. The molecule has 0 aromatic carbocycles. The number of phosphoric ester groups is 1. The predicted molar refractivity (Wildman–Crippen MR) is 98.2 cm³/mol. The van der Waals surface area contributed by atoms with Crippen LogP contribution in [-0.4, -0.2) is 127 Å². The van der Waals surface area contributed by atoms with Crippen molar-refractivity contribution >= 4 is 25.7 Å². The number of nitrogens with zero attached hydrogens (tertiary/aromatic N) is 1. The van der Waals surface area contributed by atoms with Crippen molar-refractivity contribution in [3.63, 3.8) is 0 Å². The number of carboxylic acids is 3. The number of aliphatic hydroxyl groups is 4. The van der Waals surface area contributed by atoms with Crippen LogP contribution in [0.5, 0.6) is 0 Å². The molecular formula is C14H31NO14P+. The summed E-state index contributed by atoms with van der Waals surface area (Å²) in [6.07, 6.45) is -3.24. The van der Waals surface area contributed by atoms with Gasteiger partial charge in [-0.2, -0.15) is 0 Å². The topological polar surface area (TPSA) is 260 Å². The van der Waals surface area contributed by atoms with Crippen LogP contribution < -0.4 is 0 Å². The van der Waals surface area contributed by atoms with Gasteiger partial charge in [-0.05, 0) is 0 Å². The first-order valence-electron chi connectivity index (χ1n) is 8.09. The van der Waals surface area contributed by atoms with Gasteiger partial charge in [0.1, 0.15) is 19.3 Å². The quantitative estimate of drug-likeness (QED) is 0.107. The van der Waals surface area contributed by atoms with Crippen molar-refractivity contribution in [3.05, 3.63) is 0 Å². The Morgan fingerprint density at radius 1 is 0.967 bits per heavy atom. The van der Waals surface area contributed by atoms with Gasteiger partial charge in [0, 0.05) is 0 Å². The van der Waals surface area contributed by atoms with Gasteiger partial charge < -0.3 is 50.0 Å². The Kier molecular flexibility index (Phi) is 16.7. The van der Waals surface area contributed by atoms with Crippen LogP contribution in [0.15, 0.2) is 0 Å². The number of likely N-dealkylation sites (N-methyl/N-ethyl adjacent to an activating group) is 1. The van der Waals surface area contributed by atoms with Crippen LogP contribution in [0.4, 0.5) is 0 Å². The Morgan fingerprint density at radius 3 is 1.50 bits per heavy atom. The van der Waals surface area contributed by atoms with E-state index in [1.54, 1.807) is 0 Å². The molecule has 0 radical (unpaired) electrons. The Balaban J connectivity index is -0.000000389. The van der Waals surface area contributed by atoms with E-state index in [0.29, 0.717) is 11.0 Å². The molecule has 30 heavy (non-hydrogen) atoms. The molecule has 180 valence electrons. The number of aliphatic carboxylic acids is 3. The highest BCUT2D eigenvalue weighted by atomic mass is 31.2. The molecule has 0 atom stereocenters. The third kappa shape index (κ3) is 24.4. The average Bonchev–Trinajstić information content (AvgIpc) is 2.51. The van der Waals surface area contributed by atoms with Gasteiger partial charge in [0.25, 0.3) is 0 Å². The zero-order valence-electron chi connectivity index (χ0n) is 16.8. The first-order chi connectivity index (χ1) is 13.3. The van der Waals surface area contributed by atoms with Crippen LogP contribution in [0.3, 0.4) is 0 Å². The van der Waals surface area contributed by atoms with E-state index in [2.05, 4.69) is 4.52 Å². The summed E-state index contributed by atoms with van der Waals surface area (Å²) in [5, 5.41) is 57.8.